The Morgan fingerprint density at radius 2 is 2.14 bits per heavy atom. The summed E-state index contributed by atoms with van der Waals surface area (Å²) >= 11 is 11.8. The zero-order valence-corrected chi connectivity index (χ0v) is 9.15. The second-order valence-electron chi connectivity index (χ2n) is 3.02. The van der Waals surface area contributed by atoms with E-state index >= 15 is 0 Å². The Kier molecular flexibility index (Phi) is 4.28. The highest BCUT2D eigenvalue weighted by Gasteiger charge is 2.09. The molecule has 14 heavy (non-hydrogen) atoms. The molecular weight excluding hydrogens is 217 g/mol. The Balaban J connectivity index is 2.80. The van der Waals surface area contributed by atoms with Crippen molar-refractivity contribution in [3.63, 3.8) is 0 Å². The topological polar surface area (TPSA) is 26.0 Å². The van der Waals surface area contributed by atoms with Gasteiger partial charge in [0.15, 0.2) is 0 Å². The van der Waals surface area contributed by atoms with Crippen molar-refractivity contribution < 1.29 is 0 Å². The number of hydrogen-bond donors (Lipinski definition) is 1. The van der Waals surface area contributed by atoms with Gasteiger partial charge in [-0.25, -0.2) is 0 Å². The number of hydrogen-bond acceptors (Lipinski definition) is 1. The van der Waals surface area contributed by atoms with Crippen LogP contribution in [0, 0.1) is 12.3 Å². The molecule has 0 fully saturated rings. The Labute approximate surface area is 94.2 Å². The monoisotopic (exact) mass is 227 g/mol. The predicted molar refractivity (Wildman–Crippen MR) is 61.5 cm³/mol. The zero-order chi connectivity index (χ0) is 10.6. The fourth-order valence-corrected chi connectivity index (χ4v) is 1.75. The minimum atomic E-state index is -0.115. The van der Waals surface area contributed by atoms with Crippen LogP contribution in [-0.2, 0) is 0 Å². The van der Waals surface area contributed by atoms with Crippen LogP contribution >= 0.6 is 23.2 Å². The summed E-state index contributed by atoms with van der Waals surface area (Å²) in [5.41, 5.74) is 6.80. The van der Waals surface area contributed by atoms with Gasteiger partial charge in [-0.15, -0.1) is 12.3 Å². The van der Waals surface area contributed by atoms with Gasteiger partial charge in [0.1, 0.15) is 0 Å². The molecule has 2 N–H and O–H groups in total. The molecule has 1 aromatic carbocycles. The van der Waals surface area contributed by atoms with E-state index in [9.17, 15) is 0 Å². The maximum atomic E-state index is 5.99. The minimum Gasteiger partial charge on any atom is -0.324 e. The lowest BCUT2D eigenvalue weighted by atomic mass is 10.0. The van der Waals surface area contributed by atoms with Gasteiger partial charge in [-0.2, -0.15) is 0 Å². The Morgan fingerprint density at radius 3 is 2.71 bits per heavy atom. The largest absolute Gasteiger partial charge is 0.324 e. The van der Waals surface area contributed by atoms with E-state index in [1.807, 2.05) is 6.07 Å². The quantitative estimate of drug-likeness (QED) is 0.788. The molecule has 0 spiro atoms. The van der Waals surface area contributed by atoms with E-state index in [1.54, 1.807) is 12.1 Å². The van der Waals surface area contributed by atoms with Crippen molar-refractivity contribution in [2.45, 2.75) is 18.9 Å². The summed E-state index contributed by atoms with van der Waals surface area (Å²) in [6, 6.07) is 5.19. The lowest BCUT2D eigenvalue weighted by Crippen LogP contribution is -2.10. The summed E-state index contributed by atoms with van der Waals surface area (Å²) in [4.78, 5) is 0. The van der Waals surface area contributed by atoms with Crippen molar-refractivity contribution >= 4 is 23.2 Å². The number of halogens is 2. The molecule has 0 radical (unpaired) electrons. The third kappa shape index (κ3) is 2.92. The molecule has 0 aliphatic rings. The molecule has 0 saturated heterocycles. The molecule has 0 heterocycles. The van der Waals surface area contributed by atoms with Crippen molar-refractivity contribution in [2.24, 2.45) is 5.73 Å². The van der Waals surface area contributed by atoms with Gasteiger partial charge in [-0.3, -0.25) is 0 Å². The van der Waals surface area contributed by atoms with Crippen LogP contribution in [0.25, 0.3) is 0 Å². The standard InChI is InChI=1S/C11H11Cl2N/c1-2-3-4-11(14)9-6-5-8(12)7-10(9)13/h1,5-7,11H,3-4,14H2. The Bertz CT molecular complexity index is 355. The molecule has 1 rings (SSSR count). The molecule has 0 saturated carbocycles. The van der Waals surface area contributed by atoms with Crippen molar-refractivity contribution in [1.82, 2.24) is 0 Å². The van der Waals surface area contributed by atoms with E-state index in [0.29, 0.717) is 16.5 Å². The number of terminal acetylenes is 1. The van der Waals surface area contributed by atoms with Crippen molar-refractivity contribution in [1.29, 1.82) is 0 Å². The lowest BCUT2D eigenvalue weighted by Gasteiger charge is -2.12. The molecule has 74 valence electrons. The molecule has 0 bridgehead atoms. The summed E-state index contributed by atoms with van der Waals surface area (Å²) in [5.74, 6) is 2.55. The third-order valence-electron chi connectivity index (χ3n) is 1.96. The summed E-state index contributed by atoms with van der Waals surface area (Å²) in [6.07, 6.45) is 6.54. The van der Waals surface area contributed by atoms with Gasteiger partial charge >= 0.3 is 0 Å². The molecule has 0 amide bonds. The van der Waals surface area contributed by atoms with Crippen LogP contribution in [0.4, 0.5) is 0 Å². The normalized spacial score (nSPS) is 12.1. The Morgan fingerprint density at radius 1 is 1.43 bits per heavy atom. The van der Waals surface area contributed by atoms with Gasteiger partial charge in [-0.1, -0.05) is 29.3 Å². The molecule has 1 aromatic rings. The van der Waals surface area contributed by atoms with Gasteiger partial charge in [0.2, 0.25) is 0 Å². The van der Waals surface area contributed by atoms with Gasteiger partial charge in [-0.05, 0) is 24.1 Å². The van der Waals surface area contributed by atoms with E-state index in [0.717, 1.165) is 12.0 Å². The van der Waals surface area contributed by atoms with Crippen LogP contribution in [0.3, 0.4) is 0 Å². The molecule has 1 nitrogen and oxygen atoms in total. The summed E-state index contributed by atoms with van der Waals surface area (Å²) in [6.45, 7) is 0. The highest BCUT2D eigenvalue weighted by Crippen LogP contribution is 2.27. The first-order valence-corrected chi connectivity index (χ1v) is 5.04. The molecule has 1 atom stereocenters. The lowest BCUT2D eigenvalue weighted by molar-refractivity contribution is 0.668. The van der Waals surface area contributed by atoms with Crippen LogP contribution in [0.15, 0.2) is 18.2 Å². The fraction of sp³-hybridized carbons (Fsp3) is 0.273. The Hall–Kier alpha value is -0.680. The molecule has 0 aliphatic heterocycles. The molecule has 0 aromatic heterocycles. The maximum Gasteiger partial charge on any atom is 0.0468 e. The van der Waals surface area contributed by atoms with E-state index in [1.165, 1.54) is 0 Å². The molecule has 0 aliphatic carbocycles. The first kappa shape index (κ1) is 11.4. The average molecular weight is 228 g/mol. The van der Waals surface area contributed by atoms with Gasteiger partial charge in [0.05, 0.1) is 0 Å². The predicted octanol–water partition coefficient (Wildman–Crippen LogP) is 3.41. The van der Waals surface area contributed by atoms with Gasteiger partial charge in [0.25, 0.3) is 0 Å². The van der Waals surface area contributed by atoms with Crippen molar-refractivity contribution in [2.75, 3.05) is 0 Å². The molecular formula is C11H11Cl2N. The van der Waals surface area contributed by atoms with Crippen LogP contribution in [0.2, 0.25) is 10.0 Å². The average Bonchev–Trinajstić information content (AvgIpc) is 2.14. The summed E-state index contributed by atoms with van der Waals surface area (Å²) in [7, 11) is 0. The SMILES string of the molecule is C#CCCC(N)c1ccc(Cl)cc1Cl. The van der Waals surface area contributed by atoms with Crippen LogP contribution in [0.5, 0.6) is 0 Å². The number of benzene rings is 1. The van der Waals surface area contributed by atoms with E-state index in [2.05, 4.69) is 5.92 Å². The highest BCUT2D eigenvalue weighted by atomic mass is 35.5. The van der Waals surface area contributed by atoms with Crippen molar-refractivity contribution in [3.8, 4) is 12.3 Å². The van der Waals surface area contributed by atoms with E-state index < -0.39 is 0 Å². The summed E-state index contributed by atoms with van der Waals surface area (Å²) < 4.78 is 0. The van der Waals surface area contributed by atoms with Crippen LogP contribution in [0.1, 0.15) is 24.4 Å². The second-order valence-corrected chi connectivity index (χ2v) is 3.86. The second kappa shape index (κ2) is 5.26. The third-order valence-corrected chi connectivity index (χ3v) is 2.52. The number of rotatable bonds is 3. The van der Waals surface area contributed by atoms with Crippen LogP contribution in [-0.4, -0.2) is 0 Å². The summed E-state index contributed by atoms with van der Waals surface area (Å²) in [5, 5.41) is 1.21. The first-order chi connectivity index (χ1) is 6.65. The molecule has 3 heteroatoms. The number of nitrogens with two attached hydrogens (primary N) is 1. The fourth-order valence-electron chi connectivity index (χ4n) is 1.20. The van der Waals surface area contributed by atoms with Crippen LogP contribution < -0.4 is 5.73 Å². The zero-order valence-electron chi connectivity index (χ0n) is 7.63. The maximum absolute atomic E-state index is 5.99. The highest BCUT2D eigenvalue weighted by molar-refractivity contribution is 6.35. The molecule has 1 unspecified atom stereocenters. The van der Waals surface area contributed by atoms with E-state index in [4.69, 9.17) is 35.4 Å². The van der Waals surface area contributed by atoms with Crippen molar-refractivity contribution in [3.05, 3.63) is 33.8 Å². The van der Waals surface area contributed by atoms with Gasteiger partial charge < -0.3 is 5.73 Å². The van der Waals surface area contributed by atoms with E-state index in [-0.39, 0.29) is 6.04 Å². The minimum absolute atomic E-state index is 0.115. The van der Waals surface area contributed by atoms with Gasteiger partial charge in [0, 0.05) is 22.5 Å². The smallest absolute Gasteiger partial charge is 0.0468 e. The first-order valence-electron chi connectivity index (χ1n) is 4.29.